The minimum Gasteiger partial charge on any atom is -0.462 e. The topological polar surface area (TPSA) is 128 Å². The molecule has 1 aliphatic heterocycles. The van der Waals surface area contributed by atoms with E-state index in [1.165, 1.54) is 19.1 Å². The van der Waals surface area contributed by atoms with E-state index >= 15 is 0 Å². The van der Waals surface area contributed by atoms with Gasteiger partial charge in [0.15, 0.2) is 0 Å². The smallest absolute Gasteiger partial charge is 0.229 e. The predicted octanol–water partition coefficient (Wildman–Crippen LogP) is 0.350. The Bertz CT molecular complexity index is 907. The molecule has 168 valence electrons. The van der Waals surface area contributed by atoms with Gasteiger partial charge in [0.2, 0.25) is 12.2 Å². The standard InChI is InChI=1S/C22H26FNO7/c1-12(26)24-8-7-13-5-6-16(10-17(13)14-3-2-4-15(23)9-14)30-22-21(29)20(28)19(27)18(11-25)31-22/h2-6,9-10,18-22,25,27-29H,7-8,11H2,1H3,(H,24,26)/t18-,19+,20+,21-,22?/m1/s1. The van der Waals surface area contributed by atoms with E-state index in [0.717, 1.165) is 5.56 Å². The molecule has 0 aliphatic carbocycles. The van der Waals surface area contributed by atoms with Gasteiger partial charge in [-0.25, -0.2) is 4.39 Å². The Morgan fingerprint density at radius 3 is 2.58 bits per heavy atom. The number of ether oxygens (including phenoxy) is 2. The largest absolute Gasteiger partial charge is 0.462 e. The van der Waals surface area contributed by atoms with Crippen molar-refractivity contribution in [3.63, 3.8) is 0 Å². The van der Waals surface area contributed by atoms with Crippen molar-refractivity contribution in [2.45, 2.75) is 44.1 Å². The molecular weight excluding hydrogens is 409 g/mol. The van der Waals surface area contributed by atoms with Gasteiger partial charge >= 0.3 is 0 Å². The highest BCUT2D eigenvalue weighted by molar-refractivity contribution is 5.73. The van der Waals surface area contributed by atoms with Crippen molar-refractivity contribution in [2.75, 3.05) is 13.2 Å². The van der Waals surface area contributed by atoms with Crippen molar-refractivity contribution in [1.29, 1.82) is 0 Å². The SMILES string of the molecule is CC(=O)NCCc1ccc(OC2O[C@H](CO)[C@H](O)[C@H](O)[C@H]2O)cc1-c1cccc(F)c1. The van der Waals surface area contributed by atoms with Crippen LogP contribution in [0, 0.1) is 5.82 Å². The number of carbonyl (C=O) groups is 1. The van der Waals surface area contributed by atoms with Crippen LogP contribution in [0.25, 0.3) is 11.1 Å². The van der Waals surface area contributed by atoms with Crippen molar-refractivity contribution in [2.24, 2.45) is 0 Å². The van der Waals surface area contributed by atoms with E-state index < -0.39 is 43.1 Å². The van der Waals surface area contributed by atoms with Crippen LogP contribution in [-0.4, -0.2) is 70.2 Å². The fourth-order valence-corrected chi connectivity index (χ4v) is 3.44. The summed E-state index contributed by atoms with van der Waals surface area (Å²) in [5, 5.41) is 42.1. The first-order valence-electron chi connectivity index (χ1n) is 9.90. The lowest BCUT2D eigenvalue weighted by atomic mass is 9.97. The zero-order valence-corrected chi connectivity index (χ0v) is 16.9. The summed E-state index contributed by atoms with van der Waals surface area (Å²) in [4.78, 5) is 11.2. The Labute approximate surface area is 178 Å². The van der Waals surface area contributed by atoms with Crippen molar-refractivity contribution >= 4 is 5.91 Å². The Morgan fingerprint density at radius 2 is 1.90 bits per heavy atom. The first-order valence-corrected chi connectivity index (χ1v) is 9.90. The maximum atomic E-state index is 13.8. The molecule has 1 fully saturated rings. The molecule has 5 atom stereocenters. The normalized spacial score (nSPS) is 25.8. The summed E-state index contributed by atoms with van der Waals surface area (Å²) in [5.74, 6) is -0.299. The zero-order chi connectivity index (χ0) is 22.5. The number of rotatable bonds is 7. The van der Waals surface area contributed by atoms with Crippen LogP contribution in [0.3, 0.4) is 0 Å². The van der Waals surface area contributed by atoms with Gasteiger partial charge in [0.25, 0.3) is 0 Å². The van der Waals surface area contributed by atoms with E-state index in [9.17, 15) is 29.6 Å². The van der Waals surface area contributed by atoms with Gasteiger partial charge in [-0.1, -0.05) is 18.2 Å². The molecule has 1 unspecified atom stereocenters. The lowest BCUT2D eigenvalue weighted by molar-refractivity contribution is -0.277. The number of benzene rings is 2. The van der Waals surface area contributed by atoms with Crippen LogP contribution in [0.5, 0.6) is 5.75 Å². The minimum absolute atomic E-state index is 0.158. The van der Waals surface area contributed by atoms with Crippen LogP contribution in [0.15, 0.2) is 42.5 Å². The van der Waals surface area contributed by atoms with Crippen LogP contribution in [0.1, 0.15) is 12.5 Å². The fraction of sp³-hybridized carbons (Fsp3) is 0.409. The summed E-state index contributed by atoms with van der Waals surface area (Å²) in [6, 6.07) is 11.0. The van der Waals surface area contributed by atoms with Crippen LogP contribution < -0.4 is 10.1 Å². The molecule has 0 spiro atoms. The van der Waals surface area contributed by atoms with Gasteiger partial charge in [0, 0.05) is 13.5 Å². The van der Waals surface area contributed by atoms with Gasteiger partial charge in [-0.15, -0.1) is 0 Å². The molecule has 5 N–H and O–H groups in total. The maximum Gasteiger partial charge on any atom is 0.229 e. The van der Waals surface area contributed by atoms with Crippen molar-refractivity contribution < 1.29 is 39.1 Å². The van der Waals surface area contributed by atoms with E-state index in [2.05, 4.69) is 5.32 Å². The first-order chi connectivity index (χ1) is 14.8. The summed E-state index contributed by atoms with van der Waals surface area (Å²) in [6.07, 6.45) is -6.53. The van der Waals surface area contributed by atoms with Crippen LogP contribution in [0.4, 0.5) is 4.39 Å². The molecule has 1 aliphatic rings. The summed E-state index contributed by atoms with van der Waals surface area (Å²) >= 11 is 0. The molecule has 0 saturated carbocycles. The Morgan fingerprint density at radius 1 is 1.13 bits per heavy atom. The summed E-state index contributed by atoms with van der Waals surface area (Å²) in [6.45, 7) is 1.25. The molecule has 1 amide bonds. The van der Waals surface area contributed by atoms with E-state index in [-0.39, 0.29) is 11.7 Å². The number of nitrogens with one attached hydrogen (secondary N) is 1. The number of aliphatic hydroxyl groups is 4. The first kappa shape index (κ1) is 23.1. The van der Waals surface area contributed by atoms with E-state index in [0.29, 0.717) is 24.1 Å². The Balaban J connectivity index is 1.87. The fourth-order valence-electron chi connectivity index (χ4n) is 3.44. The lowest BCUT2D eigenvalue weighted by Crippen LogP contribution is -2.60. The van der Waals surface area contributed by atoms with Gasteiger partial charge in [-0.05, 0) is 47.4 Å². The quantitative estimate of drug-likeness (QED) is 0.425. The number of carbonyl (C=O) groups excluding carboxylic acids is 1. The van der Waals surface area contributed by atoms with Gasteiger partial charge in [-0.3, -0.25) is 4.79 Å². The van der Waals surface area contributed by atoms with Crippen molar-refractivity contribution in [3.8, 4) is 16.9 Å². The minimum atomic E-state index is -1.56. The average molecular weight is 435 g/mol. The van der Waals surface area contributed by atoms with E-state index in [1.54, 1.807) is 30.3 Å². The van der Waals surface area contributed by atoms with Gasteiger partial charge < -0.3 is 35.2 Å². The molecule has 9 heteroatoms. The highest BCUT2D eigenvalue weighted by atomic mass is 19.1. The van der Waals surface area contributed by atoms with Crippen LogP contribution in [-0.2, 0) is 16.0 Å². The van der Waals surface area contributed by atoms with Gasteiger partial charge in [0.05, 0.1) is 6.61 Å². The number of halogens is 1. The second-order valence-corrected chi connectivity index (χ2v) is 7.38. The summed E-state index contributed by atoms with van der Waals surface area (Å²) < 4.78 is 24.9. The van der Waals surface area contributed by atoms with E-state index in [1.807, 2.05) is 0 Å². The lowest BCUT2D eigenvalue weighted by Gasteiger charge is -2.39. The van der Waals surface area contributed by atoms with Crippen LogP contribution in [0.2, 0.25) is 0 Å². The Hall–Kier alpha value is -2.56. The second-order valence-electron chi connectivity index (χ2n) is 7.38. The second kappa shape index (κ2) is 10.2. The zero-order valence-electron chi connectivity index (χ0n) is 16.9. The molecule has 0 aromatic heterocycles. The molecule has 1 saturated heterocycles. The molecule has 2 aromatic carbocycles. The third-order valence-electron chi connectivity index (χ3n) is 5.09. The average Bonchev–Trinajstić information content (AvgIpc) is 2.74. The predicted molar refractivity (Wildman–Crippen MR) is 109 cm³/mol. The van der Waals surface area contributed by atoms with Crippen LogP contribution >= 0.6 is 0 Å². The van der Waals surface area contributed by atoms with Crippen molar-refractivity contribution in [1.82, 2.24) is 5.32 Å². The molecule has 2 aromatic rings. The molecule has 31 heavy (non-hydrogen) atoms. The number of hydrogen-bond donors (Lipinski definition) is 5. The van der Waals surface area contributed by atoms with E-state index in [4.69, 9.17) is 9.47 Å². The molecule has 1 heterocycles. The monoisotopic (exact) mass is 435 g/mol. The Kier molecular flexibility index (Phi) is 7.58. The van der Waals surface area contributed by atoms with Gasteiger partial charge in [-0.2, -0.15) is 0 Å². The number of hydrogen-bond acceptors (Lipinski definition) is 7. The molecule has 3 rings (SSSR count). The highest BCUT2D eigenvalue weighted by Gasteiger charge is 2.44. The van der Waals surface area contributed by atoms with Crippen molar-refractivity contribution in [3.05, 3.63) is 53.8 Å². The van der Waals surface area contributed by atoms with Gasteiger partial charge in [0.1, 0.15) is 36.0 Å². The molecular formula is C22H26FNO7. The number of amides is 1. The summed E-state index contributed by atoms with van der Waals surface area (Å²) in [7, 11) is 0. The molecule has 0 radical (unpaired) electrons. The molecule has 0 bridgehead atoms. The summed E-state index contributed by atoms with van der Waals surface area (Å²) in [5.41, 5.74) is 2.09. The third-order valence-corrected chi connectivity index (χ3v) is 5.09. The maximum absolute atomic E-state index is 13.8. The third kappa shape index (κ3) is 5.57. The number of aliphatic hydroxyl groups excluding tert-OH is 4. The highest BCUT2D eigenvalue weighted by Crippen LogP contribution is 2.31. The molecule has 8 nitrogen and oxygen atoms in total.